The minimum Gasteiger partial charge on any atom is -0.310 e. The van der Waals surface area contributed by atoms with Crippen LogP contribution in [0.5, 0.6) is 0 Å². The molecular weight excluding hydrogens is 230 g/mol. The van der Waals surface area contributed by atoms with Gasteiger partial charge in [-0.3, -0.25) is 0 Å². The number of rotatable bonds is 5. The van der Waals surface area contributed by atoms with Crippen LogP contribution in [-0.2, 0) is 0 Å². The van der Waals surface area contributed by atoms with Gasteiger partial charge in [0.1, 0.15) is 0 Å². The second-order valence-corrected chi connectivity index (χ2v) is 7.82. The molecule has 3 unspecified atom stereocenters. The molecule has 0 amide bonds. The van der Waals surface area contributed by atoms with Crippen molar-refractivity contribution in [1.29, 1.82) is 0 Å². The minimum absolute atomic E-state index is 0.683. The van der Waals surface area contributed by atoms with E-state index in [-0.39, 0.29) is 0 Å². The van der Waals surface area contributed by atoms with Crippen molar-refractivity contribution in [1.82, 2.24) is 5.32 Å². The van der Waals surface area contributed by atoms with E-state index in [1.165, 1.54) is 37.7 Å². The van der Waals surface area contributed by atoms with E-state index in [2.05, 4.69) is 46.0 Å². The molecule has 110 valence electrons. The number of allylic oxidation sites excluding steroid dienone is 1. The molecule has 2 rings (SSSR count). The molecule has 0 aromatic carbocycles. The van der Waals surface area contributed by atoms with Crippen LogP contribution in [0.1, 0.15) is 66.7 Å². The fraction of sp³-hybridized carbons (Fsp3) is 0.889. The van der Waals surface area contributed by atoms with Crippen LogP contribution in [0.25, 0.3) is 0 Å². The Kier molecular flexibility index (Phi) is 4.76. The molecule has 2 saturated carbocycles. The highest BCUT2D eigenvalue weighted by Gasteiger charge is 2.54. The number of hydrogen-bond donors (Lipinski definition) is 1. The maximum absolute atomic E-state index is 3.88. The highest BCUT2D eigenvalue weighted by molar-refractivity contribution is 5.09. The van der Waals surface area contributed by atoms with Gasteiger partial charge in [-0.05, 0) is 69.1 Å². The lowest BCUT2D eigenvalue weighted by Gasteiger charge is -2.43. The largest absolute Gasteiger partial charge is 0.310 e. The summed E-state index contributed by atoms with van der Waals surface area (Å²) >= 11 is 0. The summed E-state index contributed by atoms with van der Waals surface area (Å²) in [7, 11) is 0. The molecule has 0 saturated heterocycles. The van der Waals surface area contributed by atoms with Crippen molar-refractivity contribution in [2.75, 3.05) is 6.54 Å². The molecule has 2 aliphatic rings. The third-order valence-electron chi connectivity index (χ3n) is 5.46. The molecule has 0 bridgehead atoms. The lowest BCUT2D eigenvalue weighted by molar-refractivity contribution is 0.103. The Morgan fingerprint density at radius 1 is 1.26 bits per heavy atom. The van der Waals surface area contributed by atoms with Crippen molar-refractivity contribution in [3.8, 4) is 0 Å². The van der Waals surface area contributed by atoms with Crippen molar-refractivity contribution < 1.29 is 0 Å². The Balaban J connectivity index is 1.97. The van der Waals surface area contributed by atoms with Gasteiger partial charge in [0.25, 0.3) is 0 Å². The van der Waals surface area contributed by atoms with Crippen LogP contribution in [0.3, 0.4) is 0 Å². The van der Waals surface area contributed by atoms with E-state index >= 15 is 0 Å². The molecule has 1 nitrogen and oxygen atoms in total. The van der Waals surface area contributed by atoms with Gasteiger partial charge in [0.15, 0.2) is 0 Å². The van der Waals surface area contributed by atoms with Crippen molar-refractivity contribution in [2.24, 2.45) is 23.2 Å². The zero-order chi connectivity index (χ0) is 14.0. The van der Waals surface area contributed by atoms with Gasteiger partial charge >= 0.3 is 0 Å². The van der Waals surface area contributed by atoms with Crippen LogP contribution >= 0.6 is 0 Å². The Bertz CT molecular complexity index is 321. The SMILES string of the molecule is CC(C)=CCNC1C(C)C(CC(C)C)CCC12CC2. The third-order valence-corrected chi connectivity index (χ3v) is 5.46. The summed E-state index contributed by atoms with van der Waals surface area (Å²) in [5, 5.41) is 3.88. The summed E-state index contributed by atoms with van der Waals surface area (Å²) in [5.74, 6) is 2.64. The maximum Gasteiger partial charge on any atom is 0.0155 e. The van der Waals surface area contributed by atoms with Gasteiger partial charge in [0.05, 0.1) is 0 Å². The van der Waals surface area contributed by atoms with Crippen LogP contribution in [0, 0.1) is 23.2 Å². The molecule has 1 N–H and O–H groups in total. The predicted molar refractivity (Wildman–Crippen MR) is 84.2 cm³/mol. The quantitative estimate of drug-likeness (QED) is 0.704. The number of nitrogens with one attached hydrogen (secondary N) is 1. The van der Waals surface area contributed by atoms with E-state index in [1.807, 2.05) is 0 Å². The summed E-state index contributed by atoms with van der Waals surface area (Å²) in [4.78, 5) is 0. The van der Waals surface area contributed by atoms with Crippen molar-refractivity contribution in [3.63, 3.8) is 0 Å². The summed E-state index contributed by atoms with van der Waals surface area (Å²) in [6, 6.07) is 0.764. The fourth-order valence-electron chi connectivity index (χ4n) is 4.17. The first kappa shape index (κ1) is 15.1. The van der Waals surface area contributed by atoms with Gasteiger partial charge in [0, 0.05) is 12.6 Å². The topological polar surface area (TPSA) is 12.0 Å². The van der Waals surface area contributed by atoms with Gasteiger partial charge in [0.2, 0.25) is 0 Å². The van der Waals surface area contributed by atoms with Crippen LogP contribution in [0.15, 0.2) is 11.6 Å². The van der Waals surface area contributed by atoms with Crippen molar-refractivity contribution in [3.05, 3.63) is 11.6 Å². The van der Waals surface area contributed by atoms with Crippen LogP contribution < -0.4 is 5.32 Å². The van der Waals surface area contributed by atoms with Gasteiger partial charge in [-0.2, -0.15) is 0 Å². The van der Waals surface area contributed by atoms with E-state index < -0.39 is 0 Å². The molecule has 1 spiro atoms. The van der Waals surface area contributed by atoms with E-state index in [0.29, 0.717) is 5.41 Å². The molecule has 0 aromatic rings. The average Bonchev–Trinajstić information content (AvgIpc) is 3.08. The zero-order valence-corrected chi connectivity index (χ0v) is 13.6. The lowest BCUT2D eigenvalue weighted by Crippen LogP contribution is -2.48. The second-order valence-electron chi connectivity index (χ2n) is 7.82. The summed E-state index contributed by atoms with van der Waals surface area (Å²) in [5.41, 5.74) is 2.11. The van der Waals surface area contributed by atoms with E-state index in [4.69, 9.17) is 0 Å². The van der Waals surface area contributed by atoms with Crippen LogP contribution in [-0.4, -0.2) is 12.6 Å². The summed E-state index contributed by atoms with van der Waals surface area (Å²) in [6.45, 7) is 12.7. The molecule has 0 aromatic heterocycles. The molecule has 0 heterocycles. The Morgan fingerprint density at radius 3 is 2.47 bits per heavy atom. The van der Waals surface area contributed by atoms with Gasteiger partial charge in [-0.1, -0.05) is 32.4 Å². The predicted octanol–water partition coefficient (Wildman–Crippen LogP) is 4.78. The van der Waals surface area contributed by atoms with Crippen LogP contribution in [0.4, 0.5) is 0 Å². The molecule has 1 heteroatoms. The third kappa shape index (κ3) is 3.62. The smallest absolute Gasteiger partial charge is 0.0155 e. The Hall–Kier alpha value is -0.300. The Morgan fingerprint density at radius 2 is 1.95 bits per heavy atom. The number of hydrogen-bond acceptors (Lipinski definition) is 1. The second kappa shape index (κ2) is 5.99. The first-order chi connectivity index (χ1) is 8.94. The van der Waals surface area contributed by atoms with Gasteiger partial charge < -0.3 is 5.32 Å². The zero-order valence-electron chi connectivity index (χ0n) is 13.6. The molecular formula is C18H33N. The normalized spacial score (nSPS) is 32.6. The molecule has 19 heavy (non-hydrogen) atoms. The van der Waals surface area contributed by atoms with E-state index in [0.717, 1.165) is 30.3 Å². The monoisotopic (exact) mass is 263 g/mol. The molecule has 3 atom stereocenters. The van der Waals surface area contributed by atoms with Crippen molar-refractivity contribution >= 4 is 0 Å². The molecule has 2 aliphatic carbocycles. The summed E-state index contributed by atoms with van der Waals surface area (Å²) in [6.07, 6.45) is 9.64. The highest BCUT2D eigenvalue weighted by atomic mass is 15.0. The van der Waals surface area contributed by atoms with E-state index in [9.17, 15) is 0 Å². The minimum atomic E-state index is 0.683. The van der Waals surface area contributed by atoms with Gasteiger partial charge in [-0.15, -0.1) is 0 Å². The standard InChI is InChI=1S/C18H33N/c1-13(2)7-11-19-17-15(5)16(12-14(3)4)6-8-18(17)9-10-18/h7,14-17,19H,6,8-12H2,1-5H3. The highest BCUT2D eigenvalue weighted by Crippen LogP contribution is 2.59. The molecule has 2 fully saturated rings. The van der Waals surface area contributed by atoms with Crippen molar-refractivity contribution in [2.45, 2.75) is 72.8 Å². The van der Waals surface area contributed by atoms with Crippen LogP contribution in [0.2, 0.25) is 0 Å². The first-order valence-corrected chi connectivity index (χ1v) is 8.31. The average molecular weight is 263 g/mol. The summed E-state index contributed by atoms with van der Waals surface area (Å²) < 4.78 is 0. The lowest BCUT2D eigenvalue weighted by atomic mass is 9.67. The van der Waals surface area contributed by atoms with E-state index in [1.54, 1.807) is 0 Å². The maximum atomic E-state index is 3.88. The molecule has 0 radical (unpaired) electrons. The Labute approximate surface area is 120 Å². The van der Waals surface area contributed by atoms with Gasteiger partial charge in [-0.25, -0.2) is 0 Å². The first-order valence-electron chi connectivity index (χ1n) is 8.31. The molecule has 0 aliphatic heterocycles. The fourth-order valence-corrected chi connectivity index (χ4v) is 4.17.